The van der Waals surface area contributed by atoms with Crippen molar-refractivity contribution in [2.45, 2.75) is 18.2 Å². The lowest BCUT2D eigenvalue weighted by Crippen LogP contribution is -2.02. The maximum atomic E-state index is 6.53. The van der Waals surface area contributed by atoms with Gasteiger partial charge in [0.25, 0.3) is 0 Å². The predicted molar refractivity (Wildman–Crippen MR) is 80.4 cm³/mol. The van der Waals surface area contributed by atoms with E-state index in [0.29, 0.717) is 5.02 Å². The van der Waals surface area contributed by atoms with Crippen LogP contribution in [0.3, 0.4) is 0 Å². The van der Waals surface area contributed by atoms with E-state index in [0.717, 1.165) is 10.0 Å². The number of aromatic nitrogens is 1. The molecule has 1 nitrogen and oxygen atoms in total. The molecule has 94 valence electrons. The van der Waals surface area contributed by atoms with Crippen LogP contribution in [0.1, 0.15) is 29.3 Å². The Balaban J connectivity index is 2.25. The van der Waals surface area contributed by atoms with Gasteiger partial charge in [-0.25, -0.2) is 0 Å². The molecular formula is C14H12BrCl2N. The molecule has 4 heteroatoms. The van der Waals surface area contributed by atoms with Crippen LogP contribution in [0.15, 0.2) is 47.2 Å². The van der Waals surface area contributed by atoms with Crippen molar-refractivity contribution in [1.29, 1.82) is 0 Å². The first-order valence-electron chi connectivity index (χ1n) is 5.58. The molecule has 0 saturated carbocycles. The highest BCUT2D eigenvalue weighted by Gasteiger charge is 2.19. The molecule has 0 aliphatic carbocycles. The fourth-order valence-corrected chi connectivity index (χ4v) is 2.60. The van der Waals surface area contributed by atoms with Crippen LogP contribution in [0.4, 0.5) is 0 Å². The van der Waals surface area contributed by atoms with Crippen molar-refractivity contribution in [3.8, 4) is 0 Å². The van der Waals surface area contributed by atoms with Crippen LogP contribution in [0.2, 0.25) is 5.02 Å². The average molecular weight is 345 g/mol. The number of rotatable bonds is 3. The molecule has 2 atom stereocenters. The summed E-state index contributed by atoms with van der Waals surface area (Å²) in [5, 5.41) is 0.597. The van der Waals surface area contributed by atoms with Gasteiger partial charge >= 0.3 is 0 Å². The second-order valence-electron chi connectivity index (χ2n) is 4.14. The average Bonchev–Trinajstić information content (AvgIpc) is 2.41. The van der Waals surface area contributed by atoms with Crippen molar-refractivity contribution in [2.24, 2.45) is 0 Å². The van der Waals surface area contributed by atoms with Crippen molar-refractivity contribution < 1.29 is 0 Å². The van der Waals surface area contributed by atoms with Crippen molar-refractivity contribution in [1.82, 2.24) is 4.98 Å². The third-order valence-corrected chi connectivity index (χ3v) is 4.78. The van der Waals surface area contributed by atoms with E-state index in [4.69, 9.17) is 23.2 Å². The summed E-state index contributed by atoms with van der Waals surface area (Å²) < 4.78 is 0.870. The molecule has 2 rings (SSSR count). The number of hydrogen-bond donors (Lipinski definition) is 0. The molecule has 0 bridgehead atoms. The molecule has 2 aromatic rings. The molecule has 0 fully saturated rings. The van der Waals surface area contributed by atoms with E-state index in [2.05, 4.69) is 27.8 Å². The number of halogens is 3. The third-order valence-electron chi connectivity index (χ3n) is 2.93. The van der Waals surface area contributed by atoms with Gasteiger partial charge in [0.2, 0.25) is 0 Å². The van der Waals surface area contributed by atoms with Crippen molar-refractivity contribution >= 4 is 39.1 Å². The Morgan fingerprint density at radius 1 is 1.11 bits per heavy atom. The van der Waals surface area contributed by atoms with E-state index in [9.17, 15) is 0 Å². The Labute approximate surface area is 125 Å². The largest absolute Gasteiger partial charge is 0.265 e. The van der Waals surface area contributed by atoms with E-state index in [1.165, 1.54) is 5.56 Å². The minimum Gasteiger partial charge on any atom is -0.265 e. The maximum absolute atomic E-state index is 6.53. The Hall–Kier alpha value is -0.570. The van der Waals surface area contributed by atoms with Crippen molar-refractivity contribution in [3.05, 3.63) is 63.3 Å². The highest BCUT2D eigenvalue weighted by atomic mass is 79.9. The zero-order valence-electron chi connectivity index (χ0n) is 9.78. The van der Waals surface area contributed by atoms with Gasteiger partial charge in [-0.3, -0.25) is 4.98 Å². The van der Waals surface area contributed by atoms with Crippen LogP contribution in [0.5, 0.6) is 0 Å². The molecule has 0 N–H and O–H groups in total. The smallest absolute Gasteiger partial charge is 0.0651 e. The lowest BCUT2D eigenvalue weighted by Gasteiger charge is -2.19. The van der Waals surface area contributed by atoms with Gasteiger partial charge in [0.15, 0.2) is 0 Å². The molecule has 1 aromatic heterocycles. The van der Waals surface area contributed by atoms with Crippen LogP contribution in [0, 0.1) is 0 Å². The number of hydrogen-bond acceptors (Lipinski definition) is 1. The molecule has 1 aromatic carbocycles. The zero-order valence-corrected chi connectivity index (χ0v) is 12.9. The molecule has 0 saturated heterocycles. The fraction of sp³-hybridized carbons (Fsp3) is 0.214. The summed E-state index contributed by atoms with van der Waals surface area (Å²) in [5.74, 6) is 0.211. The standard InChI is InChI=1S/C14H12BrCl2N/c1-9(10-4-6-18-7-5-10)14(17)11-2-3-13(16)12(15)8-11/h2-9,14H,1H3. The highest BCUT2D eigenvalue weighted by molar-refractivity contribution is 9.10. The number of pyridine rings is 1. The van der Waals surface area contributed by atoms with Gasteiger partial charge in [0.1, 0.15) is 0 Å². The van der Waals surface area contributed by atoms with E-state index in [-0.39, 0.29) is 11.3 Å². The summed E-state index contributed by atoms with van der Waals surface area (Å²) in [7, 11) is 0. The molecule has 0 spiro atoms. The first kappa shape index (κ1) is 13.9. The molecule has 0 radical (unpaired) electrons. The third kappa shape index (κ3) is 3.05. The Morgan fingerprint density at radius 2 is 1.78 bits per heavy atom. The number of benzene rings is 1. The van der Waals surface area contributed by atoms with Crippen LogP contribution in [-0.2, 0) is 0 Å². The van der Waals surface area contributed by atoms with Gasteiger partial charge in [-0.15, -0.1) is 11.6 Å². The molecule has 0 amide bonds. The van der Waals surface area contributed by atoms with Gasteiger partial charge in [-0.1, -0.05) is 24.6 Å². The summed E-state index contributed by atoms with van der Waals surface area (Å²) in [6, 6.07) is 9.77. The number of alkyl halides is 1. The minimum atomic E-state index is -0.0963. The molecule has 0 aliphatic heterocycles. The molecular weight excluding hydrogens is 333 g/mol. The predicted octanol–water partition coefficient (Wildman–Crippen LogP) is 5.58. The quantitative estimate of drug-likeness (QED) is 0.662. The van der Waals surface area contributed by atoms with Gasteiger partial charge in [0, 0.05) is 22.8 Å². The Morgan fingerprint density at radius 3 is 2.39 bits per heavy atom. The zero-order chi connectivity index (χ0) is 13.1. The van der Waals surface area contributed by atoms with Gasteiger partial charge < -0.3 is 0 Å². The Kier molecular flexibility index (Phi) is 4.66. The summed E-state index contributed by atoms with van der Waals surface area (Å²) in [5.41, 5.74) is 2.23. The molecule has 18 heavy (non-hydrogen) atoms. The van der Waals surface area contributed by atoms with E-state index < -0.39 is 0 Å². The maximum Gasteiger partial charge on any atom is 0.0651 e. The summed E-state index contributed by atoms with van der Waals surface area (Å²) in [4.78, 5) is 4.02. The monoisotopic (exact) mass is 343 g/mol. The van der Waals surface area contributed by atoms with Crippen molar-refractivity contribution in [3.63, 3.8) is 0 Å². The summed E-state index contributed by atoms with van der Waals surface area (Å²) >= 11 is 15.9. The van der Waals surface area contributed by atoms with Gasteiger partial charge in [-0.2, -0.15) is 0 Å². The van der Waals surface area contributed by atoms with Gasteiger partial charge in [-0.05, 0) is 51.3 Å². The molecule has 1 heterocycles. The summed E-state index contributed by atoms with van der Waals surface area (Å²) in [6.45, 7) is 2.11. The molecule has 2 unspecified atom stereocenters. The van der Waals surface area contributed by atoms with Crippen LogP contribution >= 0.6 is 39.1 Å². The second kappa shape index (κ2) is 6.05. The lowest BCUT2D eigenvalue weighted by atomic mass is 9.94. The van der Waals surface area contributed by atoms with Crippen LogP contribution in [0.25, 0.3) is 0 Å². The molecule has 0 aliphatic rings. The fourth-order valence-electron chi connectivity index (χ4n) is 1.81. The SMILES string of the molecule is CC(c1ccncc1)C(Cl)c1ccc(Cl)c(Br)c1. The normalized spacial score (nSPS) is 14.2. The van der Waals surface area contributed by atoms with Crippen LogP contribution < -0.4 is 0 Å². The Bertz CT molecular complexity index is 531. The van der Waals surface area contributed by atoms with E-state index >= 15 is 0 Å². The first-order chi connectivity index (χ1) is 8.59. The lowest BCUT2D eigenvalue weighted by molar-refractivity contribution is 0.730. The highest BCUT2D eigenvalue weighted by Crippen LogP contribution is 2.37. The van der Waals surface area contributed by atoms with E-state index in [1.807, 2.05) is 30.3 Å². The minimum absolute atomic E-state index is 0.0963. The van der Waals surface area contributed by atoms with E-state index in [1.54, 1.807) is 12.4 Å². The van der Waals surface area contributed by atoms with Crippen LogP contribution in [-0.4, -0.2) is 4.98 Å². The van der Waals surface area contributed by atoms with Crippen molar-refractivity contribution in [2.75, 3.05) is 0 Å². The first-order valence-corrected chi connectivity index (χ1v) is 7.19. The van der Waals surface area contributed by atoms with Gasteiger partial charge in [0.05, 0.1) is 10.4 Å². The number of nitrogens with zero attached hydrogens (tertiary/aromatic N) is 1. The topological polar surface area (TPSA) is 12.9 Å². The summed E-state index contributed by atoms with van der Waals surface area (Å²) in [6.07, 6.45) is 3.57. The second-order valence-corrected chi connectivity index (χ2v) is 5.88.